The van der Waals surface area contributed by atoms with Crippen molar-refractivity contribution < 1.29 is 0 Å². The molecule has 3 nitrogen and oxygen atoms in total. The summed E-state index contributed by atoms with van der Waals surface area (Å²) in [6.07, 6.45) is 1.75. The van der Waals surface area contributed by atoms with E-state index in [9.17, 15) is 0 Å². The first-order valence-electron chi connectivity index (χ1n) is 5.08. The predicted molar refractivity (Wildman–Crippen MR) is 71.1 cm³/mol. The van der Waals surface area contributed by atoms with Crippen LogP contribution >= 0.6 is 15.9 Å². The second-order valence-electron chi connectivity index (χ2n) is 3.60. The van der Waals surface area contributed by atoms with Gasteiger partial charge in [0, 0.05) is 16.4 Å². The molecule has 2 aromatic rings. The van der Waals surface area contributed by atoms with Crippen molar-refractivity contribution in [1.82, 2.24) is 4.98 Å². The molecule has 0 atom stereocenters. The van der Waals surface area contributed by atoms with Crippen LogP contribution in [0.25, 0.3) is 0 Å². The molecule has 0 radical (unpaired) electrons. The Bertz CT molecular complexity index is 587. The van der Waals surface area contributed by atoms with Crippen molar-refractivity contribution in [3.63, 3.8) is 0 Å². The lowest BCUT2D eigenvalue weighted by Gasteiger charge is -2.09. The summed E-state index contributed by atoms with van der Waals surface area (Å²) in [6.45, 7) is 1.94. The number of halogens is 1. The Labute approximate surface area is 108 Å². The van der Waals surface area contributed by atoms with Crippen molar-refractivity contribution in [1.29, 1.82) is 5.26 Å². The van der Waals surface area contributed by atoms with Crippen LogP contribution in [0, 0.1) is 18.3 Å². The zero-order chi connectivity index (χ0) is 12.3. The highest BCUT2D eigenvalue weighted by Gasteiger charge is 2.02. The lowest BCUT2D eigenvalue weighted by atomic mass is 10.2. The van der Waals surface area contributed by atoms with Gasteiger partial charge in [0.2, 0.25) is 0 Å². The quantitative estimate of drug-likeness (QED) is 0.915. The molecule has 0 aliphatic heterocycles. The molecular formula is C13H10BrN3. The molecule has 0 saturated heterocycles. The maximum atomic E-state index is 8.90. The maximum Gasteiger partial charge on any atom is 0.0992 e. The third kappa shape index (κ3) is 2.83. The first-order chi connectivity index (χ1) is 8.19. The number of nitriles is 1. The van der Waals surface area contributed by atoms with Gasteiger partial charge in [0.1, 0.15) is 0 Å². The monoisotopic (exact) mass is 287 g/mol. The second-order valence-corrected chi connectivity index (χ2v) is 4.52. The summed E-state index contributed by atoms with van der Waals surface area (Å²) in [5.41, 5.74) is 3.34. The molecule has 0 bridgehead atoms. The summed E-state index contributed by atoms with van der Waals surface area (Å²) in [5, 5.41) is 12.1. The molecule has 0 fully saturated rings. The van der Waals surface area contributed by atoms with Gasteiger partial charge in [-0.1, -0.05) is 15.9 Å². The van der Waals surface area contributed by atoms with Gasteiger partial charge < -0.3 is 5.32 Å². The molecule has 1 aromatic heterocycles. The number of benzene rings is 1. The largest absolute Gasteiger partial charge is 0.354 e. The van der Waals surface area contributed by atoms with Gasteiger partial charge in [0.15, 0.2) is 0 Å². The molecule has 84 valence electrons. The van der Waals surface area contributed by atoms with E-state index in [2.05, 4.69) is 32.3 Å². The summed E-state index contributed by atoms with van der Waals surface area (Å²) in [6, 6.07) is 11.5. The Balaban J connectivity index is 2.34. The van der Waals surface area contributed by atoms with Crippen LogP contribution in [-0.4, -0.2) is 4.98 Å². The standard InChI is InChI=1S/C13H10BrN3/c1-9-13(3-2-4-16-9)17-12-6-10(8-15)5-11(14)7-12/h2-7,17H,1H3. The van der Waals surface area contributed by atoms with E-state index >= 15 is 0 Å². The first-order valence-corrected chi connectivity index (χ1v) is 5.87. The summed E-state index contributed by atoms with van der Waals surface area (Å²) >= 11 is 3.38. The fourth-order valence-corrected chi connectivity index (χ4v) is 1.99. The molecule has 0 aliphatic carbocycles. The number of aromatic nitrogens is 1. The van der Waals surface area contributed by atoms with E-state index in [0.29, 0.717) is 5.56 Å². The number of hydrogen-bond donors (Lipinski definition) is 1. The average Bonchev–Trinajstić information content (AvgIpc) is 2.31. The number of rotatable bonds is 2. The fourth-order valence-electron chi connectivity index (χ4n) is 1.50. The number of anilines is 2. The van der Waals surface area contributed by atoms with Crippen molar-refractivity contribution in [2.75, 3.05) is 5.32 Å². The lowest BCUT2D eigenvalue weighted by Crippen LogP contribution is -1.95. The maximum absolute atomic E-state index is 8.90. The number of aryl methyl sites for hydroxylation is 1. The number of nitrogens with one attached hydrogen (secondary N) is 1. The van der Waals surface area contributed by atoms with Gasteiger partial charge in [0.25, 0.3) is 0 Å². The van der Waals surface area contributed by atoms with Gasteiger partial charge >= 0.3 is 0 Å². The van der Waals surface area contributed by atoms with Crippen LogP contribution in [-0.2, 0) is 0 Å². The van der Waals surface area contributed by atoms with E-state index in [1.54, 1.807) is 18.3 Å². The molecule has 0 amide bonds. The minimum absolute atomic E-state index is 0.614. The Morgan fingerprint density at radius 2 is 2.18 bits per heavy atom. The van der Waals surface area contributed by atoms with E-state index in [4.69, 9.17) is 5.26 Å². The van der Waals surface area contributed by atoms with Crippen LogP contribution in [0.15, 0.2) is 41.0 Å². The van der Waals surface area contributed by atoms with Gasteiger partial charge in [-0.25, -0.2) is 0 Å². The number of hydrogen-bond acceptors (Lipinski definition) is 3. The fraction of sp³-hybridized carbons (Fsp3) is 0.0769. The summed E-state index contributed by atoms with van der Waals surface area (Å²) in [5.74, 6) is 0. The Morgan fingerprint density at radius 1 is 1.35 bits per heavy atom. The highest BCUT2D eigenvalue weighted by molar-refractivity contribution is 9.10. The molecule has 1 N–H and O–H groups in total. The highest BCUT2D eigenvalue weighted by Crippen LogP contribution is 2.23. The molecule has 1 aromatic carbocycles. The topological polar surface area (TPSA) is 48.7 Å². The van der Waals surface area contributed by atoms with Crippen LogP contribution in [0.1, 0.15) is 11.3 Å². The first kappa shape index (κ1) is 11.6. The van der Waals surface area contributed by atoms with Crippen molar-refractivity contribution in [2.45, 2.75) is 6.92 Å². The molecule has 0 saturated carbocycles. The predicted octanol–water partition coefficient (Wildman–Crippen LogP) is 3.77. The third-order valence-corrected chi connectivity index (χ3v) is 2.77. The Morgan fingerprint density at radius 3 is 2.88 bits per heavy atom. The molecule has 1 heterocycles. The zero-order valence-electron chi connectivity index (χ0n) is 9.24. The van der Waals surface area contributed by atoms with Crippen molar-refractivity contribution in [2.24, 2.45) is 0 Å². The van der Waals surface area contributed by atoms with Gasteiger partial charge in [0.05, 0.1) is 23.0 Å². The summed E-state index contributed by atoms with van der Waals surface area (Å²) < 4.78 is 0.876. The summed E-state index contributed by atoms with van der Waals surface area (Å²) in [7, 11) is 0. The van der Waals surface area contributed by atoms with Gasteiger partial charge in [-0.2, -0.15) is 5.26 Å². The molecule has 2 rings (SSSR count). The van der Waals surface area contributed by atoms with Crippen LogP contribution in [0.5, 0.6) is 0 Å². The third-order valence-electron chi connectivity index (χ3n) is 2.31. The van der Waals surface area contributed by atoms with E-state index in [-0.39, 0.29) is 0 Å². The van der Waals surface area contributed by atoms with Gasteiger partial charge in [-0.3, -0.25) is 4.98 Å². The molecule has 0 spiro atoms. The minimum Gasteiger partial charge on any atom is -0.354 e. The van der Waals surface area contributed by atoms with Crippen molar-refractivity contribution >= 4 is 27.3 Å². The molecular weight excluding hydrogens is 278 g/mol. The van der Waals surface area contributed by atoms with Crippen molar-refractivity contribution in [3.8, 4) is 6.07 Å². The molecule has 0 unspecified atom stereocenters. The molecule has 0 aliphatic rings. The number of pyridine rings is 1. The zero-order valence-corrected chi connectivity index (χ0v) is 10.8. The Hall–Kier alpha value is -1.86. The number of nitrogens with zero attached hydrogens (tertiary/aromatic N) is 2. The van der Waals surface area contributed by atoms with Gasteiger partial charge in [-0.05, 0) is 37.3 Å². The second kappa shape index (κ2) is 4.98. The van der Waals surface area contributed by atoms with Crippen LogP contribution in [0.4, 0.5) is 11.4 Å². The van der Waals surface area contributed by atoms with E-state index in [1.165, 1.54) is 0 Å². The van der Waals surface area contributed by atoms with Crippen LogP contribution in [0.3, 0.4) is 0 Å². The van der Waals surface area contributed by atoms with Crippen LogP contribution < -0.4 is 5.32 Å². The normalized spacial score (nSPS) is 9.71. The average molecular weight is 288 g/mol. The summed E-state index contributed by atoms with van der Waals surface area (Å²) in [4.78, 5) is 4.20. The SMILES string of the molecule is Cc1ncccc1Nc1cc(Br)cc(C#N)c1. The van der Waals surface area contributed by atoms with E-state index < -0.39 is 0 Å². The van der Waals surface area contributed by atoms with Gasteiger partial charge in [-0.15, -0.1) is 0 Å². The smallest absolute Gasteiger partial charge is 0.0992 e. The minimum atomic E-state index is 0.614. The Kier molecular flexibility index (Phi) is 3.40. The molecule has 17 heavy (non-hydrogen) atoms. The lowest BCUT2D eigenvalue weighted by molar-refractivity contribution is 1.20. The van der Waals surface area contributed by atoms with E-state index in [0.717, 1.165) is 21.5 Å². The van der Waals surface area contributed by atoms with Crippen molar-refractivity contribution in [3.05, 3.63) is 52.3 Å². The molecule has 4 heteroatoms. The van der Waals surface area contributed by atoms with Crippen LogP contribution in [0.2, 0.25) is 0 Å². The van der Waals surface area contributed by atoms with E-state index in [1.807, 2.05) is 25.1 Å². The highest BCUT2D eigenvalue weighted by atomic mass is 79.9.